The number of carbonyl (C=O) groups excluding carboxylic acids is 1. The molecule has 1 aliphatic heterocycles. The van der Waals surface area contributed by atoms with Crippen molar-refractivity contribution in [2.45, 2.75) is 32.7 Å². The van der Waals surface area contributed by atoms with Crippen molar-refractivity contribution in [3.8, 4) is 10.6 Å². The van der Waals surface area contributed by atoms with Crippen LogP contribution in [0.25, 0.3) is 21.6 Å². The van der Waals surface area contributed by atoms with Gasteiger partial charge < -0.3 is 10.6 Å². The van der Waals surface area contributed by atoms with E-state index < -0.39 is 0 Å². The lowest BCUT2D eigenvalue weighted by Crippen LogP contribution is -2.38. The molecular formula is C20H27Cl2N5OS. The highest BCUT2D eigenvalue weighted by Crippen LogP contribution is 2.29. The Balaban J connectivity index is 0.00000150. The third-order valence-electron chi connectivity index (χ3n) is 5.02. The number of carbonyl (C=O) groups is 1. The summed E-state index contributed by atoms with van der Waals surface area (Å²) in [5.41, 5.74) is 2.24. The lowest BCUT2D eigenvalue weighted by molar-refractivity contribution is 0.0946. The van der Waals surface area contributed by atoms with Crippen LogP contribution in [0.2, 0.25) is 0 Å². The number of fused-ring (bicyclic) bond motifs is 1. The van der Waals surface area contributed by atoms with Gasteiger partial charge in [0.05, 0.1) is 27.7 Å². The summed E-state index contributed by atoms with van der Waals surface area (Å²) in [6, 6.07) is 6.11. The number of nitrogens with zero attached hydrogens (tertiary/aromatic N) is 3. The van der Waals surface area contributed by atoms with Crippen LogP contribution in [-0.4, -0.2) is 40.3 Å². The molecule has 0 radical (unpaired) electrons. The van der Waals surface area contributed by atoms with E-state index in [4.69, 9.17) is 4.98 Å². The van der Waals surface area contributed by atoms with E-state index in [1.807, 2.05) is 28.3 Å². The van der Waals surface area contributed by atoms with Gasteiger partial charge in [-0.05, 0) is 63.2 Å². The molecule has 158 valence electrons. The normalized spacial score (nSPS) is 16.3. The van der Waals surface area contributed by atoms with Gasteiger partial charge in [0.15, 0.2) is 5.65 Å². The molecule has 1 fully saturated rings. The number of piperidine rings is 1. The molecule has 4 heterocycles. The highest BCUT2D eigenvalue weighted by molar-refractivity contribution is 7.13. The molecule has 2 N–H and O–H groups in total. The van der Waals surface area contributed by atoms with Crippen molar-refractivity contribution < 1.29 is 4.79 Å². The van der Waals surface area contributed by atoms with Crippen molar-refractivity contribution in [3.05, 3.63) is 35.3 Å². The second-order valence-corrected chi connectivity index (χ2v) is 8.32. The van der Waals surface area contributed by atoms with Crippen molar-refractivity contribution in [2.24, 2.45) is 5.92 Å². The average molecular weight is 456 g/mol. The largest absolute Gasteiger partial charge is 0.352 e. The van der Waals surface area contributed by atoms with E-state index in [-0.39, 0.29) is 36.8 Å². The lowest BCUT2D eigenvalue weighted by Gasteiger charge is -2.23. The molecule has 29 heavy (non-hydrogen) atoms. The maximum Gasteiger partial charge on any atom is 0.252 e. The molecule has 1 amide bonds. The summed E-state index contributed by atoms with van der Waals surface area (Å²) in [5, 5.41) is 13.8. The van der Waals surface area contributed by atoms with Gasteiger partial charge in [-0.1, -0.05) is 6.07 Å². The van der Waals surface area contributed by atoms with Crippen molar-refractivity contribution in [3.63, 3.8) is 0 Å². The van der Waals surface area contributed by atoms with Crippen LogP contribution in [0.4, 0.5) is 0 Å². The first-order chi connectivity index (χ1) is 13.1. The molecule has 9 heteroatoms. The highest BCUT2D eigenvalue weighted by atomic mass is 35.5. The van der Waals surface area contributed by atoms with Crippen molar-refractivity contribution in [1.29, 1.82) is 0 Å². The van der Waals surface area contributed by atoms with Gasteiger partial charge in [0.25, 0.3) is 5.91 Å². The van der Waals surface area contributed by atoms with E-state index in [1.165, 1.54) is 6.42 Å². The number of hydrogen-bond acceptors (Lipinski definition) is 5. The number of rotatable bonds is 5. The minimum Gasteiger partial charge on any atom is -0.352 e. The molecular weight excluding hydrogens is 429 g/mol. The van der Waals surface area contributed by atoms with Crippen LogP contribution in [0, 0.1) is 5.92 Å². The monoisotopic (exact) mass is 455 g/mol. The Morgan fingerprint density at radius 1 is 1.41 bits per heavy atom. The molecule has 1 unspecified atom stereocenters. The van der Waals surface area contributed by atoms with Crippen LogP contribution >= 0.6 is 36.2 Å². The molecule has 3 aromatic heterocycles. The molecule has 0 saturated carbocycles. The fraction of sp³-hybridized carbons (Fsp3) is 0.450. The molecule has 0 aromatic carbocycles. The van der Waals surface area contributed by atoms with E-state index >= 15 is 0 Å². The minimum absolute atomic E-state index is 0. The molecule has 6 nitrogen and oxygen atoms in total. The first-order valence-electron chi connectivity index (χ1n) is 9.54. The quantitative estimate of drug-likeness (QED) is 0.600. The molecule has 4 rings (SSSR count). The zero-order valence-corrected chi connectivity index (χ0v) is 19.0. The van der Waals surface area contributed by atoms with Crippen LogP contribution < -0.4 is 10.6 Å². The second-order valence-electron chi connectivity index (χ2n) is 7.37. The SMILES string of the molecule is CC(C)n1ncc2c(C(=O)NCC3CCCNC3)cc(-c3cccs3)nc21.Cl.Cl. The Labute approximate surface area is 187 Å². The number of nitrogens with one attached hydrogen (secondary N) is 2. The van der Waals surface area contributed by atoms with Crippen molar-refractivity contribution in [1.82, 2.24) is 25.4 Å². The maximum absolute atomic E-state index is 13.0. The first kappa shape index (κ1) is 23.6. The number of halogens is 2. The van der Waals surface area contributed by atoms with Crippen LogP contribution in [0.3, 0.4) is 0 Å². The summed E-state index contributed by atoms with van der Waals surface area (Å²) in [7, 11) is 0. The van der Waals surface area contributed by atoms with E-state index in [0.717, 1.165) is 41.1 Å². The van der Waals surface area contributed by atoms with Gasteiger partial charge in [-0.15, -0.1) is 36.2 Å². The third kappa shape index (κ3) is 5.09. The molecule has 0 bridgehead atoms. The van der Waals surface area contributed by atoms with E-state index in [2.05, 4.69) is 29.6 Å². The molecule has 1 aliphatic rings. The molecule has 1 saturated heterocycles. The van der Waals surface area contributed by atoms with E-state index in [1.54, 1.807) is 17.5 Å². The summed E-state index contributed by atoms with van der Waals surface area (Å²) in [6.45, 7) is 6.89. The summed E-state index contributed by atoms with van der Waals surface area (Å²) in [5.74, 6) is 0.448. The van der Waals surface area contributed by atoms with Gasteiger partial charge in [0.1, 0.15) is 0 Å². The van der Waals surface area contributed by atoms with Crippen LogP contribution in [-0.2, 0) is 0 Å². The van der Waals surface area contributed by atoms with Crippen LogP contribution in [0.1, 0.15) is 43.1 Å². The molecule has 1 atom stereocenters. The standard InChI is InChI=1S/C20H25N5OS.2ClH/c1-13(2)25-19-16(12-23-25)15(9-17(24-19)18-6-4-8-27-18)20(26)22-11-14-5-3-7-21-10-14;;/h4,6,8-9,12-14,21H,3,5,7,10-11H2,1-2H3,(H,22,26);2*1H. The fourth-order valence-corrected chi connectivity index (χ4v) is 4.25. The van der Waals surface area contributed by atoms with Crippen LogP contribution in [0.5, 0.6) is 0 Å². The smallest absolute Gasteiger partial charge is 0.252 e. The highest BCUT2D eigenvalue weighted by Gasteiger charge is 2.20. The van der Waals surface area contributed by atoms with E-state index in [0.29, 0.717) is 18.0 Å². The number of amides is 1. The van der Waals surface area contributed by atoms with Gasteiger partial charge in [0, 0.05) is 12.6 Å². The number of pyridine rings is 1. The number of thiophene rings is 1. The topological polar surface area (TPSA) is 71.8 Å². The Kier molecular flexibility index (Phi) is 8.46. The van der Waals surface area contributed by atoms with Crippen LogP contribution in [0.15, 0.2) is 29.8 Å². The minimum atomic E-state index is -0.0471. The summed E-state index contributed by atoms with van der Waals surface area (Å²) in [4.78, 5) is 18.9. The predicted octanol–water partition coefficient (Wildman–Crippen LogP) is 4.31. The summed E-state index contributed by atoms with van der Waals surface area (Å²) in [6.07, 6.45) is 4.09. The van der Waals surface area contributed by atoms with Gasteiger partial charge >= 0.3 is 0 Å². The van der Waals surface area contributed by atoms with Gasteiger partial charge in [0.2, 0.25) is 0 Å². The maximum atomic E-state index is 13.0. The average Bonchev–Trinajstić information content (AvgIpc) is 3.35. The lowest BCUT2D eigenvalue weighted by atomic mass is 9.99. The third-order valence-corrected chi connectivity index (χ3v) is 5.92. The number of hydrogen-bond donors (Lipinski definition) is 2. The van der Waals surface area contributed by atoms with Gasteiger partial charge in [-0.3, -0.25) is 4.79 Å². The molecule has 0 spiro atoms. The molecule has 0 aliphatic carbocycles. The zero-order chi connectivity index (χ0) is 18.8. The van der Waals surface area contributed by atoms with Gasteiger partial charge in [-0.2, -0.15) is 5.10 Å². The Bertz CT molecular complexity index is 936. The Morgan fingerprint density at radius 3 is 2.90 bits per heavy atom. The Morgan fingerprint density at radius 2 is 2.24 bits per heavy atom. The summed E-state index contributed by atoms with van der Waals surface area (Å²) >= 11 is 1.63. The predicted molar refractivity (Wildman–Crippen MR) is 124 cm³/mol. The van der Waals surface area contributed by atoms with Crippen molar-refractivity contribution >= 4 is 53.1 Å². The second kappa shape index (κ2) is 10.4. The Hall–Kier alpha value is -1.67. The summed E-state index contributed by atoms with van der Waals surface area (Å²) < 4.78 is 1.88. The van der Waals surface area contributed by atoms with Gasteiger partial charge in [-0.25, -0.2) is 9.67 Å². The number of aromatic nitrogens is 3. The molecule has 3 aromatic rings. The van der Waals surface area contributed by atoms with E-state index in [9.17, 15) is 4.79 Å². The fourth-order valence-electron chi connectivity index (χ4n) is 3.56. The first-order valence-corrected chi connectivity index (χ1v) is 10.4. The van der Waals surface area contributed by atoms with Crippen molar-refractivity contribution in [2.75, 3.05) is 19.6 Å². The zero-order valence-electron chi connectivity index (χ0n) is 16.6.